The summed E-state index contributed by atoms with van der Waals surface area (Å²) in [7, 11) is 1.87. The van der Waals surface area contributed by atoms with Crippen molar-refractivity contribution >= 4 is 23.2 Å². The summed E-state index contributed by atoms with van der Waals surface area (Å²) in [5.41, 5.74) is 0.942. The minimum absolute atomic E-state index is 0.0125. The number of ether oxygens (including phenoxy) is 2. The van der Waals surface area contributed by atoms with E-state index in [9.17, 15) is 0 Å². The zero-order chi connectivity index (χ0) is 12.3. The van der Waals surface area contributed by atoms with Gasteiger partial charge in [-0.05, 0) is 18.7 Å². The molecule has 0 spiro atoms. The molecule has 2 atom stereocenters. The molecule has 17 heavy (non-hydrogen) atoms. The standard InChI is InChI=1S/C12H15Cl2NO2/c1-15-12(10-7-16-5-6-17-10)8-3-2-4-9(13)11(8)14/h2-4,10,12,15H,5-7H2,1H3. The third-order valence-electron chi connectivity index (χ3n) is 2.84. The van der Waals surface area contributed by atoms with Gasteiger partial charge in [0.2, 0.25) is 0 Å². The second-order valence-corrected chi connectivity index (χ2v) is 4.68. The van der Waals surface area contributed by atoms with Crippen LogP contribution in [0.15, 0.2) is 18.2 Å². The first-order valence-electron chi connectivity index (χ1n) is 5.54. The van der Waals surface area contributed by atoms with Crippen molar-refractivity contribution in [3.63, 3.8) is 0 Å². The van der Waals surface area contributed by atoms with Crippen LogP contribution in [0.1, 0.15) is 11.6 Å². The summed E-state index contributed by atoms with van der Waals surface area (Å²) in [5.74, 6) is 0. The van der Waals surface area contributed by atoms with Crippen LogP contribution >= 0.6 is 23.2 Å². The Morgan fingerprint density at radius 2 is 2.18 bits per heavy atom. The molecule has 0 amide bonds. The van der Waals surface area contributed by atoms with Gasteiger partial charge in [-0.3, -0.25) is 0 Å². The Kier molecular flexibility index (Phi) is 4.65. The average Bonchev–Trinajstić information content (AvgIpc) is 2.37. The molecule has 1 aliphatic heterocycles. The van der Waals surface area contributed by atoms with Gasteiger partial charge in [0.1, 0.15) is 6.10 Å². The first-order chi connectivity index (χ1) is 8.24. The van der Waals surface area contributed by atoms with Crippen molar-refractivity contribution in [1.29, 1.82) is 0 Å². The number of likely N-dealkylation sites (N-methyl/N-ethyl adjacent to an activating group) is 1. The third kappa shape index (κ3) is 2.92. The molecule has 2 unspecified atom stereocenters. The summed E-state index contributed by atoms with van der Waals surface area (Å²) in [6.45, 7) is 1.82. The zero-order valence-electron chi connectivity index (χ0n) is 9.58. The number of halogens is 2. The Balaban J connectivity index is 2.24. The molecule has 0 aliphatic carbocycles. The highest BCUT2D eigenvalue weighted by Gasteiger charge is 2.27. The summed E-state index contributed by atoms with van der Waals surface area (Å²) in [6, 6.07) is 5.60. The number of hydrogen-bond acceptors (Lipinski definition) is 3. The van der Waals surface area contributed by atoms with Gasteiger partial charge in [0.25, 0.3) is 0 Å². The molecule has 0 radical (unpaired) electrons. The lowest BCUT2D eigenvalue weighted by Crippen LogP contribution is -2.39. The van der Waals surface area contributed by atoms with Crippen molar-refractivity contribution in [3.8, 4) is 0 Å². The van der Waals surface area contributed by atoms with Crippen molar-refractivity contribution in [2.75, 3.05) is 26.9 Å². The Hall–Kier alpha value is -0.320. The second-order valence-electron chi connectivity index (χ2n) is 3.89. The molecule has 1 aliphatic rings. The SMILES string of the molecule is CNC(c1cccc(Cl)c1Cl)C1COCCO1. The van der Waals surface area contributed by atoms with Crippen molar-refractivity contribution < 1.29 is 9.47 Å². The Labute approximate surface area is 111 Å². The molecule has 0 saturated carbocycles. The molecule has 3 nitrogen and oxygen atoms in total. The largest absolute Gasteiger partial charge is 0.376 e. The Morgan fingerprint density at radius 1 is 1.35 bits per heavy atom. The first-order valence-corrected chi connectivity index (χ1v) is 6.30. The number of rotatable bonds is 3. The lowest BCUT2D eigenvalue weighted by atomic mass is 10.0. The molecule has 1 N–H and O–H groups in total. The van der Waals surface area contributed by atoms with Crippen molar-refractivity contribution in [3.05, 3.63) is 33.8 Å². The fourth-order valence-corrected chi connectivity index (χ4v) is 2.43. The molecule has 1 saturated heterocycles. The van der Waals surface area contributed by atoms with E-state index in [1.54, 1.807) is 6.07 Å². The number of benzene rings is 1. The van der Waals surface area contributed by atoms with Gasteiger partial charge in [-0.15, -0.1) is 0 Å². The fourth-order valence-electron chi connectivity index (χ4n) is 2.00. The van der Waals surface area contributed by atoms with Crippen LogP contribution in [0, 0.1) is 0 Å². The van der Waals surface area contributed by atoms with Crippen LogP contribution in [0.3, 0.4) is 0 Å². The van der Waals surface area contributed by atoms with Gasteiger partial charge in [0, 0.05) is 0 Å². The van der Waals surface area contributed by atoms with Crippen LogP contribution < -0.4 is 5.32 Å². The minimum atomic E-state index is -0.0373. The van der Waals surface area contributed by atoms with Gasteiger partial charge >= 0.3 is 0 Å². The van der Waals surface area contributed by atoms with Gasteiger partial charge in [-0.2, -0.15) is 0 Å². The lowest BCUT2D eigenvalue weighted by molar-refractivity contribution is -0.101. The summed E-state index contributed by atoms with van der Waals surface area (Å²) >= 11 is 12.2. The predicted octanol–water partition coefficient (Wildman–Crippen LogP) is 2.67. The van der Waals surface area contributed by atoms with Gasteiger partial charge in [-0.25, -0.2) is 0 Å². The lowest BCUT2D eigenvalue weighted by Gasteiger charge is -2.31. The van der Waals surface area contributed by atoms with Crippen LogP contribution in [0.2, 0.25) is 10.0 Å². The molecule has 5 heteroatoms. The van der Waals surface area contributed by atoms with Gasteiger partial charge in [0.15, 0.2) is 0 Å². The highest BCUT2D eigenvalue weighted by Crippen LogP contribution is 2.32. The van der Waals surface area contributed by atoms with E-state index < -0.39 is 0 Å². The molecule has 94 valence electrons. The molecule has 1 fully saturated rings. The molecular formula is C12H15Cl2NO2. The van der Waals surface area contributed by atoms with E-state index in [1.807, 2.05) is 19.2 Å². The third-order valence-corrected chi connectivity index (χ3v) is 3.67. The maximum Gasteiger partial charge on any atom is 0.100 e. The van der Waals surface area contributed by atoms with E-state index in [-0.39, 0.29) is 12.1 Å². The molecule has 1 aromatic rings. The van der Waals surface area contributed by atoms with E-state index in [1.165, 1.54) is 0 Å². The smallest absolute Gasteiger partial charge is 0.100 e. The normalized spacial score (nSPS) is 22.4. The zero-order valence-corrected chi connectivity index (χ0v) is 11.1. The highest BCUT2D eigenvalue weighted by atomic mass is 35.5. The Bertz CT molecular complexity index is 381. The quantitative estimate of drug-likeness (QED) is 0.920. The maximum absolute atomic E-state index is 6.22. The van der Waals surface area contributed by atoms with Crippen LogP contribution in [-0.2, 0) is 9.47 Å². The van der Waals surface area contributed by atoms with Crippen molar-refractivity contribution in [2.24, 2.45) is 0 Å². The minimum Gasteiger partial charge on any atom is -0.376 e. The van der Waals surface area contributed by atoms with E-state index in [2.05, 4.69) is 5.32 Å². The molecular weight excluding hydrogens is 261 g/mol. The van der Waals surface area contributed by atoms with Crippen LogP contribution in [0.25, 0.3) is 0 Å². The monoisotopic (exact) mass is 275 g/mol. The van der Waals surface area contributed by atoms with E-state index in [0.717, 1.165) is 5.56 Å². The van der Waals surface area contributed by atoms with E-state index >= 15 is 0 Å². The van der Waals surface area contributed by atoms with E-state index in [4.69, 9.17) is 32.7 Å². The molecule has 0 bridgehead atoms. The average molecular weight is 276 g/mol. The number of nitrogens with one attached hydrogen (secondary N) is 1. The van der Waals surface area contributed by atoms with Crippen LogP contribution in [-0.4, -0.2) is 33.0 Å². The summed E-state index contributed by atoms with van der Waals surface area (Å²) in [5, 5.41) is 4.34. The summed E-state index contributed by atoms with van der Waals surface area (Å²) < 4.78 is 11.1. The summed E-state index contributed by atoms with van der Waals surface area (Å²) in [6.07, 6.45) is -0.0373. The van der Waals surface area contributed by atoms with Gasteiger partial charge < -0.3 is 14.8 Å². The molecule has 2 rings (SSSR count). The molecule has 1 aromatic carbocycles. The fraction of sp³-hybridized carbons (Fsp3) is 0.500. The molecule has 0 aromatic heterocycles. The topological polar surface area (TPSA) is 30.5 Å². The van der Waals surface area contributed by atoms with E-state index in [0.29, 0.717) is 29.9 Å². The van der Waals surface area contributed by atoms with Crippen LogP contribution in [0.5, 0.6) is 0 Å². The first kappa shape index (κ1) is 13.1. The van der Waals surface area contributed by atoms with Crippen molar-refractivity contribution in [1.82, 2.24) is 5.32 Å². The second kappa shape index (κ2) is 6.03. The molecule has 1 heterocycles. The van der Waals surface area contributed by atoms with Crippen LogP contribution in [0.4, 0.5) is 0 Å². The predicted molar refractivity (Wildman–Crippen MR) is 68.8 cm³/mol. The maximum atomic E-state index is 6.22. The van der Waals surface area contributed by atoms with Gasteiger partial charge in [0.05, 0.1) is 35.9 Å². The number of hydrogen-bond donors (Lipinski definition) is 1. The Morgan fingerprint density at radius 3 is 2.82 bits per heavy atom. The van der Waals surface area contributed by atoms with Gasteiger partial charge in [-0.1, -0.05) is 35.3 Å². The summed E-state index contributed by atoms with van der Waals surface area (Å²) in [4.78, 5) is 0. The highest BCUT2D eigenvalue weighted by molar-refractivity contribution is 6.42. The van der Waals surface area contributed by atoms with Crippen molar-refractivity contribution in [2.45, 2.75) is 12.1 Å².